The van der Waals surface area contributed by atoms with Crippen LogP contribution in [0.5, 0.6) is 0 Å². The van der Waals surface area contributed by atoms with Crippen LogP contribution in [0.1, 0.15) is 16.8 Å². The molecule has 0 aliphatic carbocycles. The molecule has 7 nitrogen and oxygen atoms in total. The average molecular weight is 271 g/mol. The molecule has 0 saturated carbocycles. The van der Waals surface area contributed by atoms with Gasteiger partial charge >= 0.3 is 0 Å². The summed E-state index contributed by atoms with van der Waals surface area (Å²) in [7, 11) is 0. The SMILES string of the molecule is [N-]=[N+]=NCCCNC(=O)c1cc(=O)[nH]c2ccccc12. The zero-order valence-electron chi connectivity index (χ0n) is 10.7. The summed E-state index contributed by atoms with van der Waals surface area (Å²) in [6, 6.07) is 8.40. The molecule has 2 aromatic rings. The van der Waals surface area contributed by atoms with Crippen LogP contribution in [0.2, 0.25) is 0 Å². The Kier molecular flexibility index (Phi) is 4.36. The highest BCUT2D eigenvalue weighted by atomic mass is 16.2. The van der Waals surface area contributed by atoms with Gasteiger partial charge in [-0.05, 0) is 18.0 Å². The van der Waals surface area contributed by atoms with Crippen LogP contribution in [0.3, 0.4) is 0 Å². The van der Waals surface area contributed by atoms with Crippen molar-refractivity contribution in [3.8, 4) is 0 Å². The van der Waals surface area contributed by atoms with Gasteiger partial charge in [-0.25, -0.2) is 0 Å². The number of rotatable bonds is 5. The third kappa shape index (κ3) is 3.15. The fraction of sp³-hybridized carbons (Fsp3) is 0.231. The van der Waals surface area contributed by atoms with E-state index in [1.54, 1.807) is 24.3 Å². The number of nitrogens with zero attached hydrogens (tertiary/aromatic N) is 3. The van der Waals surface area contributed by atoms with Gasteiger partial charge in [-0.15, -0.1) is 0 Å². The first-order chi connectivity index (χ1) is 9.72. The Bertz CT molecular complexity index is 731. The first-order valence-corrected chi connectivity index (χ1v) is 6.13. The van der Waals surface area contributed by atoms with E-state index in [9.17, 15) is 9.59 Å². The summed E-state index contributed by atoms with van der Waals surface area (Å²) in [6.07, 6.45) is 0.553. The molecule has 0 aliphatic rings. The van der Waals surface area contributed by atoms with E-state index in [0.717, 1.165) is 0 Å². The zero-order chi connectivity index (χ0) is 14.4. The molecule has 102 valence electrons. The number of nitrogens with one attached hydrogen (secondary N) is 2. The molecule has 1 aromatic heterocycles. The van der Waals surface area contributed by atoms with Crippen molar-refractivity contribution in [1.29, 1.82) is 0 Å². The maximum absolute atomic E-state index is 12.1. The van der Waals surface area contributed by atoms with Gasteiger partial charge in [0.1, 0.15) is 0 Å². The first-order valence-electron chi connectivity index (χ1n) is 6.13. The normalized spacial score (nSPS) is 10.0. The second-order valence-electron chi connectivity index (χ2n) is 4.16. The monoisotopic (exact) mass is 271 g/mol. The molecule has 0 fully saturated rings. The van der Waals surface area contributed by atoms with Crippen LogP contribution in [0.15, 0.2) is 40.2 Å². The van der Waals surface area contributed by atoms with Gasteiger partial charge in [0.15, 0.2) is 0 Å². The molecule has 2 rings (SSSR count). The van der Waals surface area contributed by atoms with Crippen molar-refractivity contribution in [2.24, 2.45) is 5.11 Å². The lowest BCUT2D eigenvalue weighted by atomic mass is 10.1. The van der Waals surface area contributed by atoms with Crippen molar-refractivity contribution in [2.75, 3.05) is 13.1 Å². The van der Waals surface area contributed by atoms with E-state index in [2.05, 4.69) is 20.3 Å². The Balaban J connectivity index is 2.17. The molecule has 1 amide bonds. The van der Waals surface area contributed by atoms with Crippen molar-refractivity contribution in [3.63, 3.8) is 0 Å². The number of fused-ring (bicyclic) bond motifs is 1. The van der Waals surface area contributed by atoms with Gasteiger partial charge in [-0.2, -0.15) is 0 Å². The summed E-state index contributed by atoms with van der Waals surface area (Å²) in [6.45, 7) is 0.714. The molecule has 0 radical (unpaired) electrons. The molecular weight excluding hydrogens is 258 g/mol. The number of aromatic nitrogens is 1. The Morgan fingerprint density at radius 3 is 3.00 bits per heavy atom. The second-order valence-corrected chi connectivity index (χ2v) is 4.16. The van der Waals surface area contributed by atoms with Crippen molar-refractivity contribution in [2.45, 2.75) is 6.42 Å². The van der Waals surface area contributed by atoms with Gasteiger partial charge in [0.05, 0.1) is 5.56 Å². The van der Waals surface area contributed by atoms with Crippen molar-refractivity contribution in [3.05, 3.63) is 56.7 Å². The van der Waals surface area contributed by atoms with E-state index in [1.807, 2.05) is 0 Å². The molecule has 2 N–H and O–H groups in total. The van der Waals surface area contributed by atoms with Gasteiger partial charge in [-0.1, -0.05) is 23.3 Å². The summed E-state index contributed by atoms with van der Waals surface area (Å²) in [5.74, 6) is -0.312. The third-order valence-corrected chi connectivity index (χ3v) is 2.78. The highest BCUT2D eigenvalue weighted by molar-refractivity contribution is 6.05. The fourth-order valence-electron chi connectivity index (χ4n) is 1.88. The number of para-hydroxylation sites is 1. The van der Waals surface area contributed by atoms with E-state index in [-0.39, 0.29) is 11.5 Å². The number of hydrogen-bond acceptors (Lipinski definition) is 3. The van der Waals surface area contributed by atoms with Crippen LogP contribution in [0.4, 0.5) is 0 Å². The lowest BCUT2D eigenvalue weighted by molar-refractivity contribution is 0.0955. The Morgan fingerprint density at radius 2 is 2.20 bits per heavy atom. The molecule has 20 heavy (non-hydrogen) atoms. The molecule has 7 heteroatoms. The van der Waals surface area contributed by atoms with Crippen LogP contribution in [0, 0.1) is 0 Å². The summed E-state index contributed by atoms with van der Waals surface area (Å²) < 4.78 is 0. The Labute approximate surface area is 114 Å². The highest BCUT2D eigenvalue weighted by Crippen LogP contribution is 2.14. The van der Waals surface area contributed by atoms with E-state index in [4.69, 9.17) is 5.53 Å². The topological polar surface area (TPSA) is 111 Å². The van der Waals surface area contributed by atoms with Crippen molar-refractivity contribution >= 4 is 16.8 Å². The van der Waals surface area contributed by atoms with Crippen LogP contribution in [-0.4, -0.2) is 24.0 Å². The number of carbonyl (C=O) groups is 1. The minimum absolute atomic E-state index is 0.312. The largest absolute Gasteiger partial charge is 0.352 e. The van der Waals surface area contributed by atoms with Crippen LogP contribution in [-0.2, 0) is 0 Å². The maximum atomic E-state index is 12.1. The van der Waals surface area contributed by atoms with Gasteiger partial charge in [0.25, 0.3) is 5.91 Å². The quantitative estimate of drug-likeness (QED) is 0.375. The van der Waals surface area contributed by atoms with Gasteiger partial charge in [0, 0.05) is 35.0 Å². The summed E-state index contributed by atoms with van der Waals surface area (Å²) >= 11 is 0. The standard InChI is InChI=1S/C13H13N5O2/c14-18-16-7-3-6-15-13(20)10-8-12(19)17-11-5-2-1-4-9(10)11/h1-2,4-5,8H,3,6-7H2,(H,15,20)(H,17,19). The van der Waals surface area contributed by atoms with Crippen LogP contribution in [0.25, 0.3) is 21.3 Å². The number of aromatic amines is 1. The lowest BCUT2D eigenvalue weighted by Gasteiger charge is -2.07. The fourth-order valence-corrected chi connectivity index (χ4v) is 1.88. The summed E-state index contributed by atoms with van der Waals surface area (Å²) in [5, 5.41) is 6.78. The molecule has 0 spiro atoms. The van der Waals surface area contributed by atoms with Gasteiger partial charge < -0.3 is 10.3 Å². The highest BCUT2D eigenvalue weighted by Gasteiger charge is 2.10. The molecule has 1 aromatic carbocycles. The van der Waals surface area contributed by atoms with E-state index in [1.165, 1.54) is 6.07 Å². The molecule has 1 heterocycles. The molecular formula is C13H13N5O2. The van der Waals surface area contributed by atoms with E-state index in [0.29, 0.717) is 36.0 Å². The maximum Gasteiger partial charge on any atom is 0.252 e. The molecule has 0 atom stereocenters. The number of amides is 1. The molecule has 0 aliphatic heterocycles. The average Bonchev–Trinajstić information content (AvgIpc) is 2.46. The number of pyridine rings is 1. The van der Waals surface area contributed by atoms with E-state index >= 15 is 0 Å². The van der Waals surface area contributed by atoms with Crippen molar-refractivity contribution in [1.82, 2.24) is 10.3 Å². The number of azide groups is 1. The van der Waals surface area contributed by atoms with Crippen molar-refractivity contribution < 1.29 is 4.79 Å². The number of H-pyrrole nitrogens is 1. The van der Waals surface area contributed by atoms with Crippen LogP contribution >= 0.6 is 0 Å². The smallest absolute Gasteiger partial charge is 0.252 e. The number of hydrogen-bond donors (Lipinski definition) is 2. The molecule has 0 saturated heterocycles. The molecule has 0 unspecified atom stereocenters. The Hall–Kier alpha value is -2.79. The minimum atomic E-state index is -0.317. The first kappa shape index (κ1) is 13.6. The molecule has 0 bridgehead atoms. The number of carbonyl (C=O) groups excluding carboxylic acids is 1. The third-order valence-electron chi connectivity index (χ3n) is 2.78. The van der Waals surface area contributed by atoms with E-state index < -0.39 is 0 Å². The Morgan fingerprint density at radius 1 is 1.40 bits per heavy atom. The van der Waals surface area contributed by atoms with Gasteiger partial charge in [-0.3, -0.25) is 9.59 Å². The predicted molar refractivity (Wildman–Crippen MR) is 75.5 cm³/mol. The van der Waals surface area contributed by atoms with Gasteiger partial charge in [0.2, 0.25) is 5.56 Å². The zero-order valence-corrected chi connectivity index (χ0v) is 10.7. The minimum Gasteiger partial charge on any atom is -0.352 e. The predicted octanol–water partition coefficient (Wildman–Crippen LogP) is 1.96. The number of benzene rings is 1. The van der Waals surface area contributed by atoms with Crippen LogP contribution < -0.4 is 10.9 Å². The summed E-state index contributed by atoms with van der Waals surface area (Å²) in [5.41, 5.74) is 8.78. The second kappa shape index (κ2) is 6.40. The lowest BCUT2D eigenvalue weighted by Crippen LogP contribution is -2.26. The summed E-state index contributed by atoms with van der Waals surface area (Å²) in [4.78, 5) is 28.9.